The number of halogens is 2. The molecule has 1 atom stereocenters. The fraction of sp³-hybridized carbons (Fsp3) is 0.350. The number of hydrogen-bond acceptors (Lipinski definition) is 2. The van der Waals surface area contributed by atoms with E-state index in [9.17, 15) is 9.18 Å². The molecule has 0 spiro atoms. The molecule has 0 radical (unpaired) electrons. The molecule has 0 heterocycles. The molecular weight excluding hydrogens is 355 g/mol. The van der Waals surface area contributed by atoms with Gasteiger partial charge in [0.25, 0.3) is 5.91 Å². The van der Waals surface area contributed by atoms with Gasteiger partial charge in [0, 0.05) is 23.4 Å². The Balaban J connectivity index is 1.40. The van der Waals surface area contributed by atoms with Gasteiger partial charge in [0.05, 0.1) is 12.6 Å². The van der Waals surface area contributed by atoms with Crippen LogP contribution >= 0.6 is 11.6 Å². The molecule has 4 nitrogen and oxygen atoms in total. The quantitative estimate of drug-likeness (QED) is 0.658. The molecule has 0 aromatic heterocycles. The van der Waals surface area contributed by atoms with Gasteiger partial charge < -0.3 is 15.0 Å². The van der Waals surface area contributed by atoms with Crippen molar-refractivity contribution in [3.05, 3.63) is 64.9 Å². The van der Waals surface area contributed by atoms with E-state index < -0.39 is 0 Å². The minimum absolute atomic E-state index is 0.00807. The zero-order valence-corrected chi connectivity index (χ0v) is 15.3. The molecular formula is C20H23ClFN2O2+. The number of quaternary nitrogens is 1. The van der Waals surface area contributed by atoms with Crippen LogP contribution in [0.2, 0.25) is 5.02 Å². The summed E-state index contributed by atoms with van der Waals surface area (Å²) in [5, 5.41) is 3.56. The van der Waals surface area contributed by atoms with Crippen LogP contribution in [0, 0.1) is 5.82 Å². The molecule has 1 fully saturated rings. The van der Waals surface area contributed by atoms with Gasteiger partial charge in [-0.3, -0.25) is 4.79 Å². The van der Waals surface area contributed by atoms with Gasteiger partial charge in [-0.15, -0.1) is 0 Å². The van der Waals surface area contributed by atoms with E-state index in [1.807, 2.05) is 0 Å². The molecule has 2 aromatic carbocycles. The van der Waals surface area contributed by atoms with Gasteiger partial charge >= 0.3 is 0 Å². The summed E-state index contributed by atoms with van der Waals surface area (Å²) in [5.41, 5.74) is 1.05. The zero-order valence-electron chi connectivity index (χ0n) is 14.5. The lowest BCUT2D eigenvalue weighted by Gasteiger charge is -2.19. The summed E-state index contributed by atoms with van der Waals surface area (Å²) in [6.07, 6.45) is 2.28. The van der Waals surface area contributed by atoms with E-state index in [1.54, 1.807) is 36.4 Å². The number of amides is 1. The molecule has 0 bridgehead atoms. The summed E-state index contributed by atoms with van der Waals surface area (Å²) in [7, 11) is 0. The highest BCUT2D eigenvalue weighted by atomic mass is 35.5. The number of benzene rings is 2. The average Bonchev–Trinajstić information content (AvgIpc) is 3.47. The smallest absolute Gasteiger partial charge is 0.275 e. The second kappa shape index (κ2) is 9.01. The van der Waals surface area contributed by atoms with Gasteiger partial charge in [-0.05, 0) is 36.4 Å². The Bertz CT molecular complexity index is 718. The normalized spacial score (nSPS) is 14.7. The largest absolute Gasteiger partial charge is 0.492 e. The van der Waals surface area contributed by atoms with E-state index in [1.165, 1.54) is 17.0 Å². The van der Waals surface area contributed by atoms with Crippen LogP contribution in [0.1, 0.15) is 18.4 Å². The Kier molecular flexibility index (Phi) is 6.47. The lowest BCUT2D eigenvalue weighted by atomic mass is 10.2. The van der Waals surface area contributed by atoms with Gasteiger partial charge in [0.2, 0.25) is 0 Å². The van der Waals surface area contributed by atoms with Gasteiger partial charge in [0.1, 0.15) is 24.7 Å². The summed E-state index contributed by atoms with van der Waals surface area (Å²) in [4.78, 5) is 13.5. The van der Waals surface area contributed by atoms with Crippen LogP contribution in [0.15, 0.2) is 48.5 Å². The standard InChI is InChI=1S/C20H22ClFN2O2/c21-16-3-9-19(10-4-16)26-12-11-23-20(25)14-24(18-7-8-18)13-15-1-5-17(22)6-2-15/h1-6,9-10,18H,7-8,11-14H2,(H,23,25)/p+1. The molecule has 26 heavy (non-hydrogen) atoms. The maximum absolute atomic E-state index is 13.0. The predicted molar refractivity (Wildman–Crippen MR) is 98.9 cm³/mol. The van der Waals surface area contributed by atoms with Crippen LogP contribution in [0.5, 0.6) is 5.75 Å². The molecule has 1 aliphatic rings. The second-order valence-corrected chi connectivity index (χ2v) is 7.00. The number of carbonyl (C=O) groups is 1. The second-order valence-electron chi connectivity index (χ2n) is 6.56. The molecule has 1 aliphatic carbocycles. The summed E-state index contributed by atoms with van der Waals surface area (Å²) < 4.78 is 18.6. The van der Waals surface area contributed by atoms with Crippen molar-refractivity contribution in [1.82, 2.24) is 5.32 Å². The Morgan fingerprint density at radius 3 is 2.50 bits per heavy atom. The van der Waals surface area contributed by atoms with Crippen LogP contribution in [0.3, 0.4) is 0 Å². The van der Waals surface area contributed by atoms with Crippen molar-refractivity contribution >= 4 is 17.5 Å². The van der Waals surface area contributed by atoms with E-state index in [-0.39, 0.29) is 11.7 Å². The number of carbonyl (C=O) groups excluding carboxylic acids is 1. The van der Waals surface area contributed by atoms with Crippen molar-refractivity contribution in [3.63, 3.8) is 0 Å². The molecule has 0 aliphatic heterocycles. The number of hydrogen-bond donors (Lipinski definition) is 2. The average molecular weight is 378 g/mol. The van der Waals surface area contributed by atoms with Gasteiger partial charge in [-0.25, -0.2) is 4.39 Å². The van der Waals surface area contributed by atoms with Crippen molar-refractivity contribution in [1.29, 1.82) is 0 Å². The summed E-state index contributed by atoms with van der Waals surface area (Å²) in [5.74, 6) is 0.499. The summed E-state index contributed by atoms with van der Waals surface area (Å²) in [6, 6.07) is 14.2. The van der Waals surface area contributed by atoms with E-state index in [2.05, 4.69) is 5.32 Å². The van der Waals surface area contributed by atoms with Crippen molar-refractivity contribution in [3.8, 4) is 5.75 Å². The third-order valence-corrected chi connectivity index (χ3v) is 4.65. The Morgan fingerprint density at radius 2 is 1.85 bits per heavy atom. The van der Waals surface area contributed by atoms with Crippen LogP contribution < -0.4 is 15.0 Å². The number of rotatable bonds is 9. The Morgan fingerprint density at radius 1 is 1.15 bits per heavy atom. The van der Waals surface area contributed by atoms with Gasteiger partial charge in [-0.2, -0.15) is 0 Å². The van der Waals surface area contributed by atoms with Crippen LogP contribution in [-0.2, 0) is 11.3 Å². The first-order valence-corrected chi connectivity index (χ1v) is 9.22. The van der Waals surface area contributed by atoms with Crippen molar-refractivity contribution < 1.29 is 18.8 Å². The van der Waals surface area contributed by atoms with E-state index in [4.69, 9.17) is 16.3 Å². The predicted octanol–water partition coefficient (Wildman–Crippen LogP) is 2.22. The maximum Gasteiger partial charge on any atom is 0.275 e. The van der Waals surface area contributed by atoms with Crippen LogP contribution in [0.25, 0.3) is 0 Å². The first kappa shape index (κ1) is 18.7. The van der Waals surface area contributed by atoms with E-state index in [0.29, 0.717) is 30.8 Å². The van der Waals surface area contributed by atoms with E-state index in [0.717, 1.165) is 30.7 Å². The van der Waals surface area contributed by atoms with Crippen LogP contribution in [-0.4, -0.2) is 31.6 Å². The molecule has 3 rings (SSSR count). The molecule has 6 heteroatoms. The first-order chi connectivity index (χ1) is 12.6. The topological polar surface area (TPSA) is 42.8 Å². The molecule has 138 valence electrons. The van der Waals surface area contributed by atoms with Crippen molar-refractivity contribution in [2.75, 3.05) is 19.7 Å². The molecule has 2 aromatic rings. The minimum atomic E-state index is -0.236. The highest BCUT2D eigenvalue weighted by molar-refractivity contribution is 6.30. The lowest BCUT2D eigenvalue weighted by molar-refractivity contribution is -0.917. The monoisotopic (exact) mass is 377 g/mol. The number of nitrogens with one attached hydrogen (secondary N) is 2. The minimum Gasteiger partial charge on any atom is -0.492 e. The first-order valence-electron chi connectivity index (χ1n) is 8.84. The van der Waals surface area contributed by atoms with E-state index >= 15 is 0 Å². The molecule has 1 unspecified atom stereocenters. The number of ether oxygens (including phenoxy) is 1. The highest BCUT2D eigenvalue weighted by Crippen LogP contribution is 2.16. The zero-order chi connectivity index (χ0) is 18.4. The third-order valence-electron chi connectivity index (χ3n) is 4.39. The lowest BCUT2D eigenvalue weighted by Crippen LogP contribution is -3.13. The Hall–Kier alpha value is -2.11. The fourth-order valence-electron chi connectivity index (χ4n) is 2.87. The summed E-state index contributed by atoms with van der Waals surface area (Å²) in [6.45, 7) is 2.02. The SMILES string of the molecule is O=C(C[NH+](Cc1ccc(F)cc1)C1CC1)NCCOc1ccc(Cl)cc1. The maximum atomic E-state index is 13.0. The molecule has 2 N–H and O–H groups in total. The Labute approximate surface area is 157 Å². The molecule has 1 amide bonds. The van der Waals surface area contributed by atoms with Crippen molar-refractivity contribution in [2.45, 2.75) is 25.4 Å². The molecule has 0 saturated heterocycles. The van der Waals surface area contributed by atoms with Crippen molar-refractivity contribution in [2.24, 2.45) is 0 Å². The third kappa shape index (κ3) is 6.00. The highest BCUT2D eigenvalue weighted by Gasteiger charge is 2.34. The van der Waals surface area contributed by atoms with Crippen LogP contribution in [0.4, 0.5) is 4.39 Å². The molecule has 1 saturated carbocycles. The fourth-order valence-corrected chi connectivity index (χ4v) is 2.99. The van der Waals surface area contributed by atoms with Gasteiger partial charge in [0.15, 0.2) is 6.54 Å². The summed E-state index contributed by atoms with van der Waals surface area (Å²) >= 11 is 5.83. The van der Waals surface area contributed by atoms with Gasteiger partial charge in [-0.1, -0.05) is 23.7 Å².